The van der Waals surface area contributed by atoms with Crippen molar-refractivity contribution in [2.75, 3.05) is 13.2 Å². The van der Waals surface area contributed by atoms with Crippen molar-refractivity contribution < 1.29 is 89.1 Å². The summed E-state index contributed by atoms with van der Waals surface area (Å²) in [6.07, 6.45) is 10.0. The van der Waals surface area contributed by atoms with Crippen LogP contribution >= 0.6 is 0 Å². The van der Waals surface area contributed by atoms with Crippen LogP contribution in [0, 0.1) is 28.6 Å². The first-order chi connectivity index (χ1) is 31.9. The number of carboxylic acid groups (broad SMARTS) is 6. The molecule has 10 atom stereocenters. The second-order valence-corrected chi connectivity index (χ2v) is 17.6. The molecule has 19 N–H and O–H groups in total. The molecule has 5 rings (SSSR count). The SMILES string of the molecule is CC(=O)O.C[C@H](N)C(=O)O.C[C@]12C=CC(=O)C=C1CC[C@@H]1[C@@H]2C(=O)C[C@@]2(C)[C@H]1CC[C@]2(O)C(=O)CO.NCCCC[C@H](N)C(=O)O.N[C@@H](CCC(=O)O)C(=O)O.N[C@@H](Cc1ccc(O)cc1)C(=O)O. The number of unbranched alkanes of at least 4 members (excludes halogenated alkanes) is 1. The van der Waals surface area contributed by atoms with E-state index in [-0.39, 0.29) is 60.8 Å². The maximum Gasteiger partial charge on any atom is 0.320 e. The second-order valence-electron chi connectivity index (χ2n) is 17.6. The number of aliphatic hydroxyl groups is 2. The summed E-state index contributed by atoms with van der Waals surface area (Å²) in [6, 6.07) is 2.92. The Morgan fingerprint density at radius 1 is 0.783 bits per heavy atom. The first kappa shape index (κ1) is 63.0. The zero-order chi connectivity index (χ0) is 53.6. The molecule has 3 fully saturated rings. The Hall–Kier alpha value is -5.95. The van der Waals surface area contributed by atoms with Crippen molar-refractivity contribution in [3.8, 4) is 5.75 Å². The number of phenolic OH excluding ortho intramolecular Hbond substituents is 1. The van der Waals surface area contributed by atoms with Gasteiger partial charge in [0.15, 0.2) is 11.6 Å². The highest BCUT2D eigenvalue weighted by atomic mass is 16.4. The largest absolute Gasteiger partial charge is 0.508 e. The maximum absolute atomic E-state index is 13.3. The van der Waals surface area contributed by atoms with E-state index in [1.165, 1.54) is 19.1 Å². The molecule has 0 bridgehead atoms. The van der Waals surface area contributed by atoms with Crippen molar-refractivity contribution in [2.45, 2.75) is 128 Å². The molecule has 23 nitrogen and oxygen atoms in total. The molecule has 0 amide bonds. The predicted molar refractivity (Wildman–Crippen MR) is 247 cm³/mol. The number of carbonyl (C=O) groups excluding carboxylic acids is 3. The van der Waals surface area contributed by atoms with E-state index in [4.69, 9.17) is 69.2 Å². The lowest BCUT2D eigenvalue weighted by atomic mass is 9.46. The highest BCUT2D eigenvalue weighted by Gasteiger charge is 2.68. The average molecular weight is 982 g/mol. The van der Waals surface area contributed by atoms with Gasteiger partial charge in [0.25, 0.3) is 5.97 Å². The highest BCUT2D eigenvalue weighted by molar-refractivity contribution is 6.02. The number of phenols is 1. The Balaban J connectivity index is 0.000000909. The van der Waals surface area contributed by atoms with E-state index in [0.29, 0.717) is 25.8 Å². The number of carbonyl (C=O) groups is 9. The Labute approximate surface area is 399 Å². The lowest BCUT2D eigenvalue weighted by molar-refractivity contribution is -0.169. The molecule has 388 valence electrons. The fraction of sp³-hybridized carbons (Fsp3) is 0.587. The summed E-state index contributed by atoms with van der Waals surface area (Å²) in [5.74, 6) is -6.38. The molecule has 0 spiro atoms. The van der Waals surface area contributed by atoms with Gasteiger partial charge in [-0.2, -0.15) is 0 Å². The normalized spacial score (nSPS) is 25.3. The predicted octanol–water partition coefficient (Wildman–Crippen LogP) is 0.412. The van der Waals surface area contributed by atoms with Gasteiger partial charge >= 0.3 is 29.8 Å². The van der Waals surface area contributed by atoms with Crippen molar-refractivity contribution in [1.82, 2.24) is 0 Å². The number of hydrogen-bond donors (Lipinski definition) is 14. The lowest BCUT2D eigenvalue weighted by Crippen LogP contribution is -2.60. The lowest BCUT2D eigenvalue weighted by Gasteiger charge is -2.56. The molecule has 1 aromatic rings. The summed E-state index contributed by atoms with van der Waals surface area (Å²) >= 11 is 0. The minimum atomic E-state index is -1.62. The summed E-state index contributed by atoms with van der Waals surface area (Å²) < 4.78 is 0. The van der Waals surface area contributed by atoms with Gasteiger partial charge in [0.1, 0.15) is 47.9 Å². The van der Waals surface area contributed by atoms with Gasteiger partial charge in [-0.1, -0.05) is 44.1 Å². The first-order valence-electron chi connectivity index (χ1n) is 22.0. The molecule has 0 aliphatic heterocycles. The number of aromatic hydroxyl groups is 1. The van der Waals surface area contributed by atoms with Gasteiger partial charge < -0.3 is 74.6 Å². The average Bonchev–Trinajstić information content (AvgIpc) is 3.53. The number of Topliss-reactive ketones (excluding diaryl/α,β-unsaturated/α-hetero) is 2. The molecule has 69 heavy (non-hydrogen) atoms. The fourth-order valence-electron chi connectivity index (χ4n) is 8.63. The summed E-state index contributed by atoms with van der Waals surface area (Å²) in [5.41, 5.74) is 24.5. The van der Waals surface area contributed by atoms with Gasteiger partial charge in [-0.25, -0.2) is 0 Å². The Bertz CT molecular complexity index is 2000. The third-order valence-electron chi connectivity index (χ3n) is 12.4. The number of aliphatic carboxylic acids is 6. The molecular formula is C46H71N5O18. The van der Waals surface area contributed by atoms with Crippen molar-refractivity contribution in [3.05, 3.63) is 53.6 Å². The number of fused-ring (bicyclic) bond motifs is 5. The topological polar surface area (TPSA) is 466 Å². The van der Waals surface area contributed by atoms with Gasteiger partial charge in [0.2, 0.25) is 0 Å². The van der Waals surface area contributed by atoms with Crippen LogP contribution in [-0.4, -0.2) is 142 Å². The molecule has 3 saturated carbocycles. The molecule has 4 aliphatic carbocycles. The number of carboxylic acids is 6. The zero-order valence-corrected chi connectivity index (χ0v) is 39.4. The van der Waals surface area contributed by atoms with Crippen LogP contribution in [0.2, 0.25) is 0 Å². The zero-order valence-electron chi connectivity index (χ0n) is 39.4. The van der Waals surface area contributed by atoms with Gasteiger partial charge in [-0.05, 0) is 107 Å². The number of benzene rings is 1. The van der Waals surface area contributed by atoms with Crippen molar-refractivity contribution >= 4 is 53.2 Å². The minimum Gasteiger partial charge on any atom is -0.508 e. The van der Waals surface area contributed by atoms with Crippen molar-refractivity contribution in [2.24, 2.45) is 57.3 Å². The minimum absolute atomic E-state index is 0.0206. The number of nitrogens with two attached hydrogens (primary N) is 5. The van der Waals surface area contributed by atoms with Gasteiger partial charge in [0.05, 0.1) is 0 Å². The van der Waals surface area contributed by atoms with E-state index in [1.807, 2.05) is 19.9 Å². The molecule has 0 heterocycles. The van der Waals surface area contributed by atoms with Crippen LogP contribution in [0.25, 0.3) is 0 Å². The third kappa shape index (κ3) is 19.5. The monoisotopic (exact) mass is 981 g/mol. The van der Waals surface area contributed by atoms with Crippen LogP contribution < -0.4 is 28.7 Å². The molecule has 23 heteroatoms. The van der Waals surface area contributed by atoms with Crippen LogP contribution in [0.3, 0.4) is 0 Å². The van der Waals surface area contributed by atoms with E-state index in [0.717, 1.165) is 43.7 Å². The maximum atomic E-state index is 13.3. The summed E-state index contributed by atoms with van der Waals surface area (Å²) in [5, 5.41) is 77.8. The second kappa shape index (κ2) is 29.2. The fourth-order valence-corrected chi connectivity index (χ4v) is 8.63. The molecule has 1 aromatic carbocycles. The highest BCUT2D eigenvalue weighted by Crippen LogP contribution is 2.66. The molecule has 0 saturated heterocycles. The van der Waals surface area contributed by atoms with E-state index < -0.39 is 88.8 Å². The van der Waals surface area contributed by atoms with Gasteiger partial charge in [-0.3, -0.25) is 43.2 Å². The van der Waals surface area contributed by atoms with Crippen molar-refractivity contribution in [1.29, 1.82) is 0 Å². The van der Waals surface area contributed by atoms with E-state index in [1.54, 1.807) is 24.3 Å². The Morgan fingerprint density at radius 3 is 1.74 bits per heavy atom. The number of aliphatic hydroxyl groups excluding tert-OH is 1. The van der Waals surface area contributed by atoms with Crippen LogP contribution in [0.4, 0.5) is 0 Å². The van der Waals surface area contributed by atoms with E-state index in [9.17, 15) is 48.6 Å². The summed E-state index contributed by atoms with van der Waals surface area (Å²) in [6.45, 7) is 6.30. The van der Waals surface area contributed by atoms with E-state index in [2.05, 4.69) is 0 Å². The standard InChI is InChI=1S/C21H26O5.C9H11NO3.C6H14N2O2.C5H9NO4.C3H7NO2.C2H4O2/c1-19-7-5-13(23)9-12(19)3-4-14-15-6-8-21(26,17(25)11-22)20(15,2)10-16(24)18(14)19;10-8(9(12)13)5-6-1-3-7(11)4-2-6;7-4-2-1-3-5(8)6(9)10;6-3(5(9)10)1-2-4(7)8;1-2(4)3(5)6;1-2(3)4/h5,7,9,14-15,18,22,26H,3-4,6,8,10-11H2,1-2H3;1-4,8,11H,5,10H2,(H,12,13);5H,1-4,7-8H2,(H,9,10);3H,1-2,6H2,(H,7,8)(H,9,10);2H,4H2,1H3,(H,5,6);1H3,(H,3,4)/t14-,15-,18+,19-,20-,21-;8-;5-;3-;2-;/m00000./s1. The van der Waals surface area contributed by atoms with Crippen LogP contribution in [0.5, 0.6) is 5.75 Å². The first-order valence-corrected chi connectivity index (χ1v) is 22.0. The van der Waals surface area contributed by atoms with E-state index >= 15 is 0 Å². The number of allylic oxidation sites excluding steroid dienone is 4. The molecule has 0 aromatic heterocycles. The third-order valence-corrected chi connectivity index (χ3v) is 12.4. The Kier molecular flexibility index (Phi) is 26.6. The molecule has 4 aliphatic rings. The van der Waals surface area contributed by atoms with Crippen LogP contribution in [0.1, 0.15) is 97.5 Å². The summed E-state index contributed by atoms with van der Waals surface area (Å²) in [7, 11) is 0. The Morgan fingerprint density at radius 2 is 1.29 bits per heavy atom. The van der Waals surface area contributed by atoms with Gasteiger partial charge in [-0.15, -0.1) is 0 Å². The smallest absolute Gasteiger partial charge is 0.320 e. The molecule has 0 unspecified atom stereocenters. The molecule has 0 radical (unpaired) electrons. The quantitative estimate of drug-likeness (QED) is 0.106. The number of ketones is 3. The molecular weight excluding hydrogens is 911 g/mol. The van der Waals surface area contributed by atoms with Crippen LogP contribution in [-0.2, 0) is 49.6 Å². The number of hydrogen-bond acceptors (Lipinski definition) is 17. The number of rotatable bonds is 15. The van der Waals surface area contributed by atoms with Crippen LogP contribution in [0.15, 0.2) is 48.1 Å². The van der Waals surface area contributed by atoms with Gasteiger partial charge in [0, 0.05) is 36.5 Å². The van der Waals surface area contributed by atoms with Crippen molar-refractivity contribution in [3.63, 3.8) is 0 Å². The summed E-state index contributed by atoms with van der Waals surface area (Å²) in [4.78, 5) is 96.4.